The Kier molecular flexibility index (Phi) is 5.67. The highest BCUT2D eigenvalue weighted by Crippen LogP contribution is 2.43. The summed E-state index contributed by atoms with van der Waals surface area (Å²) in [7, 11) is 0. The summed E-state index contributed by atoms with van der Waals surface area (Å²) in [6, 6.07) is 5.17. The van der Waals surface area contributed by atoms with Crippen LogP contribution in [0.1, 0.15) is 52.0 Å². The highest BCUT2D eigenvalue weighted by atomic mass is 35.5. The monoisotopic (exact) mass is 311 g/mol. The van der Waals surface area contributed by atoms with Crippen molar-refractivity contribution in [3.63, 3.8) is 0 Å². The van der Waals surface area contributed by atoms with Gasteiger partial charge in [0.15, 0.2) is 0 Å². The number of nitrogens with one attached hydrogen (secondary N) is 1. The van der Waals surface area contributed by atoms with Crippen molar-refractivity contribution in [2.75, 3.05) is 6.54 Å². The first-order chi connectivity index (χ1) is 9.94. The molecule has 21 heavy (non-hydrogen) atoms. The van der Waals surface area contributed by atoms with Gasteiger partial charge < -0.3 is 5.32 Å². The Morgan fingerprint density at radius 3 is 2.76 bits per heavy atom. The normalized spacial score (nSPS) is 23.0. The molecule has 3 heteroatoms. The first kappa shape index (κ1) is 16.8. The van der Waals surface area contributed by atoms with Crippen LogP contribution in [0.25, 0.3) is 0 Å². The summed E-state index contributed by atoms with van der Waals surface area (Å²) in [6.07, 6.45) is 6.08. The summed E-state index contributed by atoms with van der Waals surface area (Å²) in [6.45, 7) is 7.87. The molecule has 0 aromatic heterocycles. The van der Waals surface area contributed by atoms with Crippen molar-refractivity contribution >= 4 is 11.6 Å². The van der Waals surface area contributed by atoms with Gasteiger partial charge in [-0.2, -0.15) is 0 Å². The van der Waals surface area contributed by atoms with E-state index >= 15 is 0 Å². The lowest BCUT2D eigenvalue weighted by Gasteiger charge is -2.43. The Morgan fingerprint density at radius 1 is 1.38 bits per heavy atom. The molecule has 118 valence electrons. The average Bonchev–Trinajstić information content (AvgIpc) is 2.41. The fraction of sp³-hybridized carbons (Fsp3) is 0.667. The minimum atomic E-state index is -0.262. The molecule has 1 nitrogen and oxygen atoms in total. The second-order valence-electron chi connectivity index (χ2n) is 6.94. The zero-order chi connectivity index (χ0) is 15.5. The van der Waals surface area contributed by atoms with Crippen LogP contribution in [0.4, 0.5) is 4.39 Å². The van der Waals surface area contributed by atoms with Crippen LogP contribution in [0, 0.1) is 17.2 Å². The molecule has 2 atom stereocenters. The van der Waals surface area contributed by atoms with Crippen LogP contribution in [0.5, 0.6) is 0 Å². The third-order valence-corrected chi connectivity index (χ3v) is 5.35. The Hall–Kier alpha value is -0.600. The molecule has 1 aliphatic carbocycles. The maximum atomic E-state index is 13.2. The molecule has 0 amide bonds. The van der Waals surface area contributed by atoms with Crippen LogP contribution in [-0.4, -0.2) is 12.6 Å². The summed E-state index contributed by atoms with van der Waals surface area (Å²) in [5.74, 6) is 0.383. The van der Waals surface area contributed by atoms with Gasteiger partial charge in [0.25, 0.3) is 0 Å². The van der Waals surface area contributed by atoms with Crippen molar-refractivity contribution in [1.29, 1.82) is 0 Å². The number of rotatable bonds is 5. The molecule has 1 fully saturated rings. The third kappa shape index (κ3) is 4.20. The van der Waals surface area contributed by atoms with Crippen molar-refractivity contribution in [2.45, 2.75) is 58.9 Å². The van der Waals surface area contributed by atoms with Crippen molar-refractivity contribution in [3.05, 3.63) is 34.6 Å². The molecule has 1 aliphatic rings. The van der Waals surface area contributed by atoms with Gasteiger partial charge in [0.2, 0.25) is 0 Å². The van der Waals surface area contributed by atoms with Gasteiger partial charge in [-0.05, 0) is 54.8 Å². The Bertz CT molecular complexity index is 472. The van der Waals surface area contributed by atoms with E-state index in [0.717, 1.165) is 18.5 Å². The van der Waals surface area contributed by atoms with E-state index in [1.54, 1.807) is 0 Å². The van der Waals surface area contributed by atoms with E-state index in [1.807, 2.05) is 6.07 Å². The number of likely N-dealkylation sites (N-methyl/N-ethyl adjacent to an activating group) is 1. The van der Waals surface area contributed by atoms with Crippen molar-refractivity contribution in [1.82, 2.24) is 5.32 Å². The lowest BCUT2D eigenvalue weighted by Crippen LogP contribution is -2.46. The van der Waals surface area contributed by atoms with Crippen LogP contribution in [0.3, 0.4) is 0 Å². The molecule has 0 bridgehead atoms. The highest BCUT2D eigenvalue weighted by Gasteiger charge is 2.37. The maximum Gasteiger partial charge on any atom is 0.124 e. The number of hydrogen-bond donors (Lipinski definition) is 1. The van der Waals surface area contributed by atoms with Gasteiger partial charge in [-0.3, -0.25) is 0 Å². The zero-order valence-corrected chi connectivity index (χ0v) is 14.1. The summed E-state index contributed by atoms with van der Waals surface area (Å²) in [5, 5.41) is 4.19. The summed E-state index contributed by atoms with van der Waals surface area (Å²) >= 11 is 6.22. The number of hydrogen-bond acceptors (Lipinski definition) is 1. The second kappa shape index (κ2) is 7.11. The predicted molar refractivity (Wildman–Crippen MR) is 88.3 cm³/mol. The molecule has 0 heterocycles. The van der Waals surface area contributed by atoms with Gasteiger partial charge in [-0.15, -0.1) is 0 Å². The lowest BCUT2D eigenvalue weighted by molar-refractivity contribution is 0.0988. The minimum Gasteiger partial charge on any atom is -0.314 e. The van der Waals surface area contributed by atoms with E-state index in [2.05, 4.69) is 26.1 Å². The average molecular weight is 312 g/mol. The van der Waals surface area contributed by atoms with E-state index in [4.69, 9.17) is 11.6 Å². The van der Waals surface area contributed by atoms with Gasteiger partial charge in [0.1, 0.15) is 5.82 Å². The number of halogens is 2. The Morgan fingerprint density at radius 2 is 2.14 bits per heavy atom. The Labute approximate surface area is 133 Å². The van der Waals surface area contributed by atoms with Crippen LogP contribution in [0.2, 0.25) is 5.02 Å². The summed E-state index contributed by atoms with van der Waals surface area (Å²) in [4.78, 5) is 0. The largest absolute Gasteiger partial charge is 0.314 e. The summed E-state index contributed by atoms with van der Waals surface area (Å²) in [5.41, 5.74) is 1.41. The molecule has 1 aromatic rings. The SMILES string of the molecule is CCNC(Cc1ccc(F)cc1Cl)C1CCCCC1(C)C. The molecule has 2 unspecified atom stereocenters. The topological polar surface area (TPSA) is 12.0 Å². The molecular weight excluding hydrogens is 285 g/mol. The van der Waals surface area contributed by atoms with E-state index in [-0.39, 0.29) is 5.82 Å². The lowest BCUT2D eigenvalue weighted by atomic mass is 9.65. The van der Waals surface area contributed by atoms with Crippen LogP contribution in [0.15, 0.2) is 18.2 Å². The molecule has 2 rings (SSSR count). The minimum absolute atomic E-state index is 0.262. The van der Waals surface area contributed by atoms with Crippen LogP contribution in [-0.2, 0) is 6.42 Å². The molecule has 0 spiro atoms. The van der Waals surface area contributed by atoms with Gasteiger partial charge >= 0.3 is 0 Å². The quantitative estimate of drug-likeness (QED) is 0.786. The van der Waals surface area contributed by atoms with Gasteiger partial charge in [-0.1, -0.05) is 51.3 Å². The smallest absolute Gasteiger partial charge is 0.124 e. The van der Waals surface area contributed by atoms with Gasteiger partial charge in [-0.25, -0.2) is 4.39 Å². The molecule has 0 radical (unpaired) electrons. The van der Waals surface area contributed by atoms with E-state index in [1.165, 1.54) is 37.8 Å². The van der Waals surface area contributed by atoms with Gasteiger partial charge in [0.05, 0.1) is 0 Å². The highest BCUT2D eigenvalue weighted by molar-refractivity contribution is 6.31. The second-order valence-corrected chi connectivity index (χ2v) is 7.35. The van der Waals surface area contributed by atoms with Crippen LogP contribution >= 0.6 is 11.6 Å². The van der Waals surface area contributed by atoms with Crippen molar-refractivity contribution < 1.29 is 4.39 Å². The maximum absolute atomic E-state index is 13.2. The molecule has 0 aliphatic heterocycles. The van der Waals surface area contributed by atoms with E-state index < -0.39 is 0 Å². The molecular formula is C18H27ClFN. The predicted octanol–water partition coefficient (Wildman–Crippen LogP) is 5.22. The first-order valence-electron chi connectivity index (χ1n) is 8.11. The van der Waals surface area contributed by atoms with E-state index in [0.29, 0.717) is 22.4 Å². The van der Waals surface area contributed by atoms with Gasteiger partial charge in [0, 0.05) is 11.1 Å². The van der Waals surface area contributed by atoms with Crippen molar-refractivity contribution in [2.24, 2.45) is 11.3 Å². The standard InChI is InChI=1S/C18H27ClFN/c1-4-21-17(15-7-5-6-10-18(15,2)3)11-13-8-9-14(20)12-16(13)19/h8-9,12,15,17,21H,4-7,10-11H2,1-3H3. The summed E-state index contributed by atoms with van der Waals surface area (Å²) < 4.78 is 13.2. The molecule has 0 saturated heterocycles. The first-order valence-corrected chi connectivity index (χ1v) is 8.49. The molecule has 1 saturated carbocycles. The fourth-order valence-corrected chi connectivity index (χ4v) is 4.05. The fourth-order valence-electron chi connectivity index (χ4n) is 3.81. The van der Waals surface area contributed by atoms with E-state index in [9.17, 15) is 4.39 Å². The molecule has 1 N–H and O–H groups in total. The third-order valence-electron chi connectivity index (χ3n) is 5.00. The number of benzene rings is 1. The molecule has 1 aromatic carbocycles. The Balaban J connectivity index is 2.18. The zero-order valence-electron chi connectivity index (χ0n) is 13.4. The van der Waals surface area contributed by atoms with Crippen molar-refractivity contribution in [3.8, 4) is 0 Å². The van der Waals surface area contributed by atoms with Crippen LogP contribution < -0.4 is 5.32 Å².